The summed E-state index contributed by atoms with van der Waals surface area (Å²) in [6.07, 6.45) is -4.65. The molecular weight excluding hydrogens is 315 g/mol. The molecule has 8 heteroatoms. The smallest absolute Gasteiger partial charge is 0.304 e. The number of halogens is 3. The normalized spacial score (nSPS) is 24.9. The lowest BCUT2D eigenvalue weighted by Crippen LogP contribution is -2.46. The van der Waals surface area contributed by atoms with Gasteiger partial charge in [-0.2, -0.15) is 13.2 Å². The SMILES string of the molecule is [C-]#[N+]c1ccc([C@H](C)N=C2NC(=O)C(C)(C(F)(F)F)S2)cc1. The third-order valence-electron chi connectivity index (χ3n) is 3.31. The molecule has 1 aliphatic heterocycles. The molecule has 0 spiro atoms. The zero-order chi connectivity index (χ0) is 16.5. The summed E-state index contributed by atoms with van der Waals surface area (Å²) in [5, 5.41) is 2.13. The van der Waals surface area contributed by atoms with Crippen LogP contribution >= 0.6 is 11.8 Å². The highest BCUT2D eigenvalue weighted by molar-refractivity contribution is 8.16. The molecule has 1 saturated heterocycles. The largest absolute Gasteiger partial charge is 0.412 e. The molecule has 1 fully saturated rings. The van der Waals surface area contributed by atoms with Crippen LogP contribution in [0.1, 0.15) is 25.5 Å². The molecule has 0 aromatic heterocycles. The molecule has 1 amide bonds. The van der Waals surface area contributed by atoms with E-state index in [0.717, 1.165) is 12.5 Å². The predicted molar refractivity (Wildman–Crippen MR) is 78.7 cm³/mol. The van der Waals surface area contributed by atoms with Gasteiger partial charge in [0.1, 0.15) is 0 Å². The van der Waals surface area contributed by atoms with Gasteiger partial charge in [0.15, 0.2) is 15.6 Å². The molecule has 22 heavy (non-hydrogen) atoms. The quantitative estimate of drug-likeness (QED) is 0.839. The van der Waals surface area contributed by atoms with Crippen LogP contribution in [0.25, 0.3) is 4.85 Å². The third-order valence-corrected chi connectivity index (χ3v) is 4.54. The Morgan fingerprint density at radius 3 is 2.41 bits per heavy atom. The van der Waals surface area contributed by atoms with Gasteiger partial charge in [-0.3, -0.25) is 9.79 Å². The molecule has 0 saturated carbocycles. The summed E-state index contributed by atoms with van der Waals surface area (Å²) in [5.41, 5.74) is 1.21. The first kappa shape index (κ1) is 16.4. The number of amides is 1. The Morgan fingerprint density at radius 2 is 1.95 bits per heavy atom. The molecule has 2 rings (SSSR count). The molecule has 1 aromatic rings. The summed E-state index contributed by atoms with van der Waals surface area (Å²) in [6, 6.07) is 6.16. The summed E-state index contributed by atoms with van der Waals surface area (Å²) in [7, 11) is 0. The maximum absolute atomic E-state index is 12.9. The fraction of sp³-hybridized carbons (Fsp3) is 0.357. The Balaban J connectivity index is 2.20. The van der Waals surface area contributed by atoms with E-state index in [1.54, 1.807) is 31.2 Å². The van der Waals surface area contributed by atoms with E-state index in [2.05, 4.69) is 15.2 Å². The van der Waals surface area contributed by atoms with Crippen LogP contribution in [-0.4, -0.2) is 22.0 Å². The minimum absolute atomic E-state index is 0.0495. The highest BCUT2D eigenvalue weighted by atomic mass is 32.2. The summed E-state index contributed by atoms with van der Waals surface area (Å²) in [4.78, 5) is 19.0. The number of aliphatic imine (C=N–C) groups is 1. The Hall–Kier alpha value is -2.01. The topological polar surface area (TPSA) is 45.8 Å². The van der Waals surface area contributed by atoms with Crippen molar-refractivity contribution in [3.63, 3.8) is 0 Å². The summed E-state index contributed by atoms with van der Waals surface area (Å²) in [6.45, 7) is 9.41. The average molecular weight is 327 g/mol. The number of benzene rings is 1. The van der Waals surface area contributed by atoms with Crippen molar-refractivity contribution in [2.75, 3.05) is 0 Å². The van der Waals surface area contributed by atoms with Crippen LogP contribution in [0.2, 0.25) is 0 Å². The number of hydrogen-bond donors (Lipinski definition) is 1. The van der Waals surface area contributed by atoms with E-state index in [4.69, 9.17) is 6.57 Å². The van der Waals surface area contributed by atoms with E-state index in [1.165, 1.54) is 0 Å². The second-order valence-corrected chi connectivity index (χ2v) is 6.31. The van der Waals surface area contributed by atoms with Crippen molar-refractivity contribution >= 4 is 28.5 Å². The minimum Gasteiger partial charge on any atom is -0.304 e. The number of carbonyl (C=O) groups excluding carboxylic acids is 1. The van der Waals surface area contributed by atoms with Crippen molar-refractivity contribution in [1.82, 2.24) is 5.32 Å². The monoisotopic (exact) mass is 327 g/mol. The first-order chi connectivity index (χ1) is 10.2. The second-order valence-electron chi connectivity index (χ2n) is 4.90. The number of carbonyl (C=O) groups is 1. The van der Waals surface area contributed by atoms with Gasteiger partial charge in [-0.25, -0.2) is 4.85 Å². The maximum atomic E-state index is 12.9. The Morgan fingerprint density at radius 1 is 1.36 bits per heavy atom. The van der Waals surface area contributed by atoms with Crippen molar-refractivity contribution in [1.29, 1.82) is 0 Å². The van der Waals surface area contributed by atoms with Gasteiger partial charge in [0.05, 0.1) is 12.6 Å². The van der Waals surface area contributed by atoms with Gasteiger partial charge in [0, 0.05) is 0 Å². The van der Waals surface area contributed by atoms with Crippen molar-refractivity contribution in [2.45, 2.75) is 30.8 Å². The first-order valence-electron chi connectivity index (χ1n) is 6.30. The van der Waals surface area contributed by atoms with Crippen LogP contribution in [0.15, 0.2) is 29.3 Å². The summed E-state index contributed by atoms with van der Waals surface area (Å²) < 4.78 is 36.3. The number of alkyl halides is 3. The van der Waals surface area contributed by atoms with E-state index in [9.17, 15) is 18.0 Å². The van der Waals surface area contributed by atoms with Crippen LogP contribution in [0.3, 0.4) is 0 Å². The van der Waals surface area contributed by atoms with Crippen molar-refractivity contribution in [3.8, 4) is 0 Å². The van der Waals surface area contributed by atoms with Crippen LogP contribution in [-0.2, 0) is 4.79 Å². The molecule has 116 valence electrons. The van der Waals surface area contributed by atoms with Gasteiger partial charge >= 0.3 is 6.18 Å². The lowest BCUT2D eigenvalue weighted by atomic mass is 10.1. The molecule has 1 aromatic carbocycles. The van der Waals surface area contributed by atoms with Gasteiger partial charge in [0.2, 0.25) is 0 Å². The predicted octanol–water partition coefficient (Wildman–Crippen LogP) is 3.84. The van der Waals surface area contributed by atoms with Crippen molar-refractivity contribution in [3.05, 3.63) is 41.2 Å². The molecule has 0 aliphatic carbocycles. The number of rotatable bonds is 2. The third kappa shape index (κ3) is 2.95. The highest BCUT2D eigenvalue weighted by Crippen LogP contribution is 2.45. The fourth-order valence-electron chi connectivity index (χ4n) is 1.80. The summed E-state index contributed by atoms with van der Waals surface area (Å²) >= 11 is 0.375. The molecule has 2 atom stereocenters. The van der Waals surface area contributed by atoms with Crippen LogP contribution < -0.4 is 5.32 Å². The standard InChI is InChI=1S/C14H12F3N3OS/c1-8(9-4-6-10(18-3)7-5-9)19-12-20-11(21)13(2,22-12)14(15,16)17/h4-8H,1-2H3,(H,19,20,21)/t8-,13?/m0/s1. The molecular formula is C14H12F3N3OS. The van der Waals surface area contributed by atoms with Gasteiger partial charge < -0.3 is 5.32 Å². The zero-order valence-electron chi connectivity index (χ0n) is 11.7. The van der Waals surface area contributed by atoms with Crippen LogP contribution in [0.4, 0.5) is 18.9 Å². The fourth-order valence-corrected chi connectivity index (χ4v) is 2.81. The number of nitrogens with zero attached hydrogens (tertiary/aromatic N) is 2. The van der Waals surface area contributed by atoms with Crippen molar-refractivity contribution < 1.29 is 18.0 Å². The Bertz CT molecular complexity index is 663. The molecule has 4 nitrogen and oxygen atoms in total. The number of amidine groups is 1. The lowest BCUT2D eigenvalue weighted by molar-refractivity contribution is -0.166. The highest BCUT2D eigenvalue weighted by Gasteiger charge is 2.61. The molecule has 1 aliphatic rings. The van der Waals surface area contributed by atoms with Crippen LogP contribution in [0.5, 0.6) is 0 Å². The number of hydrogen-bond acceptors (Lipinski definition) is 3. The Kier molecular flexibility index (Phi) is 4.20. The molecule has 0 radical (unpaired) electrons. The average Bonchev–Trinajstić information content (AvgIpc) is 2.74. The molecule has 1 unspecified atom stereocenters. The molecule has 1 N–H and O–H groups in total. The van der Waals surface area contributed by atoms with E-state index >= 15 is 0 Å². The molecule has 0 bridgehead atoms. The second kappa shape index (κ2) is 5.65. The Labute approximate surface area is 129 Å². The first-order valence-corrected chi connectivity index (χ1v) is 7.11. The van der Waals surface area contributed by atoms with E-state index in [1.807, 2.05) is 0 Å². The number of thioether (sulfide) groups is 1. The molecule has 1 heterocycles. The van der Waals surface area contributed by atoms with Crippen LogP contribution in [0, 0.1) is 6.57 Å². The van der Waals surface area contributed by atoms with E-state index in [-0.39, 0.29) is 5.17 Å². The van der Waals surface area contributed by atoms with Gasteiger partial charge in [0.25, 0.3) is 5.91 Å². The zero-order valence-corrected chi connectivity index (χ0v) is 12.5. The van der Waals surface area contributed by atoms with E-state index in [0.29, 0.717) is 17.4 Å². The lowest BCUT2D eigenvalue weighted by Gasteiger charge is -2.21. The van der Waals surface area contributed by atoms with Gasteiger partial charge in [-0.05, 0) is 19.4 Å². The van der Waals surface area contributed by atoms with Gasteiger partial charge in [-0.15, -0.1) is 0 Å². The van der Waals surface area contributed by atoms with Gasteiger partial charge in [-0.1, -0.05) is 36.0 Å². The van der Waals surface area contributed by atoms with E-state index < -0.39 is 22.9 Å². The summed E-state index contributed by atoms with van der Waals surface area (Å²) in [5.74, 6) is -1.11. The van der Waals surface area contributed by atoms with Crippen molar-refractivity contribution in [2.24, 2.45) is 4.99 Å². The minimum atomic E-state index is -4.65. The maximum Gasteiger partial charge on any atom is 0.412 e. The number of nitrogens with one attached hydrogen (secondary N) is 1.